The molecule has 1 aliphatic rings. The number of hydrogen-bond acceptors (Lipinski definition) is 5. The Morgan fingerprint density at radius 2 is 1.93 bits per heavy atom. The highest BCUT2D eigenvalue weighted by molar-refractivity contribution is 6.33. The van der Waals surface area contributed by atoms with Gasteiger partial charge < -0.3 is 9.64 Å². The second-order valence-corrected chi connectivity index (χ2v) is 7.07. The van der Waals surface area contributed by atoms with Gasteiger partial charge in [0.05, 0.1) is 12.7 Å². The van der Waals surface area contributed by atoms with Gasteiger partial charge in [-0.3, -0.25) is 0 Å². The number of benzene rings is 1. The Morgan fingerprint density at radius 3 is 2.63 bits per heavy atom. The van der Waals surface area contributed by atoms with Gasteiger partial charge in [-0.1, -0.05) is 18.5 Å². The largest absolute Gasteiger partial charge is 0.494 e. The number of methoxy groups -OCH3 is 1. The van der Waals surface area contributed by atoms with Crippen molar-refractivity contribution in [1.29, 1.82) is 0 Å². The standard InChI is InChI=1S/C18H18ClF2N5O/c1-10-3-5-25(6-4-10)17-15(16(19)24-18-22-9-23-26(17)18)11-7-13(21)14(27-2)8-12(11)20/h7-10H,3-6H2,1-2H3. The molecule has 0 unspecified atom stereocenters. The van der Waals surface area contributed by atoms with E-state index in [1.165, 1.54) is 18.0 Å². The van der Waals surface area contributed by atoms with E-state index >= 15 is 0 Å². The lowest BCUT2D eigenvalue weighted by Crippen LogP contribution is -2.35. The molecule has 0 radical (unpaired) electrons. The van der Waals surface area contributed by atoms with Crippen LogP contribution in [0.25, 0.3) is 16.9 Å². The molecule has 27 heavy (non-hydrogen) atoms. The summed E-state index contributed by atoms with van der Waals surface area (Å²) in [7, 11) is 1.29. The number of aromatic nitrogens is 4. The molecule has 1 saturated heterocycles. The summed E-state index contributed by atoms with van der Waals surface area (Å²) in [5.74, 6) is -0.0199. The van der Waals surface area contributed by atoms with E-state index in [2.05, 4.69) is 26.9 Å². The highest BCUT2D eigenvalue weighted by Crippen LogP contribution is 2.40. The average molecular weight is 394 g/mol. The average Bonchev–Trinajstić information content (AvgIpc) is 3.11. The first-order chi connectivity index (χ1) is 13.0. The predicted molar refractivity (Wildman–Crippen MR) is 98.3 cm³/mol. The monoisotopic (exact) mass is 393 g/mol. The van der Waals surface area contributed by atoms with Gasteiger partial charge in [0, 0.05) is 24.7 Å². The Hall–Kier alpha value is -2.48. The van der Waals surface area contributed by atoms with Crippen molar-refractivity contribution in [3.05, 3.63) is 35.2 Å². The summed E-state index contributed by atoms with van der Waals surface area (Å²) in [5.41, 5.74) is 0.306. The molecule has 1 aromatic carbocycles. The molecule has 0 saturated carbocycles. The van der Waals surface area contributed by atoms with E-state index in [0.717, 1.165) is 38.1 Å². The van der Waals surface area contributed by atoms with Crippen molar-refractivity contribution in [2.45, 2.75) is 19.8 Å². The molecular formula is C18H18ClF2N5O. The van der Waals surface area contributed by atoms with Gasteiger partial charge >= 0.3 is 0 Å². The van der Waals surface area contributed by atoms with Gasteiger partial charge in [0.2, 0.25) is 0 Å². The van der Waals surface area contributed by atoms with Crippen LogP contribution in [-0.4, -0.2) is 39.8 Å². The van der Waals surface area contributed by atoms with Gasteiger partial charge in [0.15, 0.2) is 11.6 Å². The first-order valence-corrected chi connectivity index (χ1v) is 9.05. The van der Waals surface area contributed by atoms with Crippen LogP contribution in [0.2, 0.25) is 5.15 Å². The molecule has 4 rings (SSSR count). The fourth-order valence-corrected chi connectivity index (χ4v) is 3.69. The van der Waals surface area contributed by atoms with Gasteiger partial charge in [-0.15, -0.1) is 0 Å². The molecule has 1 fully saturated rings. The fourth-order valence-electron chi connectivity index (χ4n) is 3.42. The van der Waals surface area contributed by atoms with Gasteiger partial charge in [0.1, 0.15) is 23.1 Å². The lowest BCUT2D eigenvalue weighted by atomic mass is 9.98. The maximum atomic E-state index is 14.8. The third-order valence-corrected chi connectivity index (χ3v) is 5.23. The summed E-state index contributed by atoms with van der Waals surface area (Å²) >= 11 is 6.41. The van der Waals surface area contributed by atoms with E-state index in [1.807, 2.05) is 0 Å². The number of anilines is 1. The SMILES string of the molecule is COc1cc(F)c(-c2c(Cl)nc3ncnn3c2N2CCC(C)CC2)cc1F. The zero-order valence-corrected chi connectivity index (χ0v) is 15.7. The number of fused-ring (bicyclic) bond motifs is 1. The number of halogens is 3. The molecular weight excluding hydrogens is 376 g/mol. The van der Waals surface area contributed by atoms with Crippen LogP contribution in [0.3, 0.4) is 0 Å². The van der Waals surface area contributed by atoms with Gasteiger partial charge in [-0.25, -0.2) is 8.78 Å². The third-order valence-electron chi connectivity index (χ3n) is 4.95. The van der Waals surface area contributed by atoms with Crippen LogP contribution in [0.5, 0.6) is 5.75 Å². The van der Waals surface area contributed by atoms with Gasteiger partial charge in [0.25, 0.3) is 5.78 Å². The Labute approximate surface area is 159 Å². The second kappa shape index (κ2) is 6.92. The number of piperidine rings is 1. The van der Waals surface area contributed by atoms with Crippen molar-refractivity contribution < 1.29 is 13.5 Å². The molecule has 6 nitrogen and oxygen atoms in total. The van der Waals surface area contributed by atoms with Crippen molar-refractivity contribution in [2.24, 2.45) is 5.92 Å². The zero-order chi connectivity index (χ0) is 19.1. The minimum atomic E-state index is -0.679. The molecule has 0 spiro atoms. The summed E-state index contributed by atoms with van der Waals surface area (Å²) in [6, 6.07) is 2.09. The van der Waals surface area contributed by atoms with E-state index in [9.17, 15) is 8.78 Å². The predicted octanol–water partition coefficient (Wildman–Crippen LogP) is 3.97. The molecule has 0 atom stereocenters. The minimum Gasteiger partial charge on any atom is -0.494 e. The van der Waals surface area contributed by atoms with Crippen molar-refractivity contribution >= 4 is 23.2 Å². The van der Waals surface area contributed by atoms with E-state index < -0.39 is 11.6 Å². The zero-order valence-electron chi connectivity index (χ0n) is 14.9. The lowest BCUT2D eigenvalue weighted by molar-refractivity contribution is 0.383. The number of nitrogens with zero attached hydrogens (tertiary/aromatic N) is 5. The molecule has 0 aliphatic carbocycles. The van der Waals surface area contributed by atoms with E-state index in [1.54, 1.807) is 0 Å². The smallest absolute Gasteiger partial charge is 0.255 e. The van der Waals surface area contributed by atoms with Crippen molar-refractivity contribution in [3.8, 4) is 16.9 Å². The van der Waals surface area contributed by atoms with Crippen LogP contribution in [0.4, 0.5) is 14.6 Å². The summed E-state index contributed by atoms with van der Waals surface area (Å²) in [4.78, 5) is 10.4. The molecule has 1 aliphatic heterocycles. The van der Waals surface area contributed by atoms with Crippen LogP contribution in [0.1, 0.15) is 19.8 Å². The highest BCUT2D eigenvalue weighted by Gasteiger charge is 2.27. The first-order valence-electron chi connectivity index (χ1n) is 8.67. The van der Waals surface area contributed by atoms with E-state index in [-0.39, 0.29) is 16.5 Å². The topological polar surface area (TPSA) is 55.6 Å². The number of rotatable bonds is 3. The minimum absolute atomic E-state index is 0.0109. The van der Waals surface area contributed by atoms with Crippen LogP contribution in [0.15, 0.2) is 18.5 Å². The molecule has 0 N–H and O–H groups in total. The van der Waals surface area contributed by atoms with E-state index in [4.69, 9.17) is 16.3 Å². The number of ether oxygens (including phenoxy) is 1. The summed E-state index contributed by atoms with van der Waals surface area (Å²) < 4.78 is 35.5. The van der Waals surface area contributed by atoms with E-state index in [0.29, 0.717) is 23.1 Å². The normalized spacial score (nSPS) is 15.5. The Balaban J connectivity index is 1.96. The van der Waals surface area contributed by atoms with Crippen molar-refractivity contribution in [2.75, 3.05) is 25.1 Å². The maximum absolute atomic E-state index is 14.8. The van der Waals surface area contributed by atoms with Crippen molar-refractivity contribution in [1.82, 2.24) is 19.6 Å². The quantitative estimate of drug-likeness (QED) is 0.630. The lowest BCUT2D eigenvalue weighted by Gasteiger charge is -2.33. The molecule has 2 aromatic heterocycles. The molecule has 0 bridgehead atoms. The Bertz CT molecular complexity index is 1000. The summed E-state index contributed by atoms with van der Waals surface area (Å²) in [6.45, 7) is 3.70. The molecule has 9 heteroatoms. The van der Waals surface area contributed by atoms with Crippen LogP contribution >= 0.6 is 11.6 Å². The first kappa shape index (κ1) is 17.9. The molecule has 3 heterocycles. The van der Waals surface area contributed by atoms with Crippen LogP contribution < -0.4 is 9.64 Å². The summed E-state index contributed by atoms with van der Waals surface area (Å²) in [5, 5.41) is 4.28. The fraction of sp³-hybridized carbons (Fsp3) is 0.389. The second-order valence-electron chi connectivity index (χ2n) is 6.71. The molecule has 142 valence electrons. The van der Waals surface area contributed by atoms with Crippen LogP contribution in [0, 0.1) is 17.6 Å². The highest BCUT2D eigenvalue weighted by atomic mass is 35.5. The van der Waals surface area contributed by atoms with Gasteiger partial charge in [-0.2, -0.15) is 19.6 Å². The van der Waals surface area contributed by atoms with Gasteiger partial charge in [-0.05, 0) is 24.8 Å². The molecule has 3 aromatic rings. The number of hydrogen-bond donors (Lipinski definition) is 0. The Morgan fingerprint density at radius 1 is 1.19 bits per heavy atom. The third kappa shape index (κ3) is 3.07. The molecule has 0 amide bonds. The Kier molecular flexibility index (Phi) is 4.59. The summed E-state index contributed by atoms with van der Waals surface area (Å²) in [6.07, 6.45) is 3.33. The van der Waals surface area contributed by atoms with Crippen LogP contribution in [-0.2, 0) is 0 Å². The van der Waals surface area contributed by atoms with Crippen molar-refractivity contribution in [3.63, 3.8) is 0 Å². The maximum Gasteiger partial charge on any atom is 0.255 e.